The zero-order valence-corrected chi connectivity index (χ0v) is 19.3. The van der Waals surface area contributed by atoms with Gasteiger partial charge in [0.1, 0.15) is 5.25 Å². The zero-order valence-electron chi connectivity index (χ0n) is 18.5. The molecular weight excluding hydrogens is 444 g/mol. The van der Waals surface area contributed by atoms with E-state index in [0.717, 1.165) is 0 Å². The number of carbonyl (C=O) groups is 3. The van der Waals surface area contributed by atoms with Crippen LogP contribution in [0.15, 0.2) is 53.5 Å². The van der Waals surface area contributed by atoms with Gasteiger partial charge < -0.3 is 5.32 Å². The molecule has 9 nitrogen and oxygen atoms in total. The number of amidine groups is 1. The molecule has 1 atom stereocenters. The molecule has 0 aromatic heterocycles. The predicted molar refractivity (Wildman–Crippen MR) is 128 cm³/mol. The Hall–Kier alpha value is -3.53. The quantitative estimate of drug-likeness (QED) is 0.348. The molecule has 3 rings (SSSR count). The molecule has 0 aliphatic carbocycles. The molecule has 2 aromatic carbocycles. The molecule has 1 fully saturated rings. The maximum absolute atomic E-state index is 13.0. The molecule has 1 heterocycles. The van der Waals surface area contributed by atoms with Crippen LogP contribution in [0.2, 0.25) is 0 Å². The molecule has 1 saturated heterocycles. The number of non-ortho nitro benzene ring substituents is 1. The number of nitrogens with zero attached hydrogens (tertiary/aromatic N) is 3. The first-order chi connectivity index (χ1) is 15.6. The Balaban J connectivity index is 1.75. The highest BCUT2D eigenvalue weighted by Crippen LogP contribution is 2.32. The summed E-state index contributed by atoms with van der Waals surface area (Å²) in [7, 11) is 0. The van der Waals surface area contributed by atoms with Crippen molar-refractivity contribution in [3.63, 3.8) is 0 Å². The number of nitro benzene ring substituents is 1. The summed E-state index contributed by atoms with van der Waals surface area (Å²) < 4.78 is 0. The summed E-state index contributed by atoms with van der Waals surface area (Å²) in [5, 5.41) is 13.4. The predicted octanol–water partition coefficient (Wildman–Crippen LogP) is 4.41. The Morgan fingerprint density at radius 1 is 1.21 bits per heavy atom. The van der Waals surface area contributed by atoms with E-state index in [0.29, 0.717) is 28.7 Å². The van der Waals surface area contributed by atoms with Crippen LogP contribution in [-0.2, 0) is 9.59 Å². The van der Waals surface area contributed by atoms with Crippen molar-refractivity contribution in [2.45, 2.75) is 32.4 Å². The van der Waals surface area contributed by atoms with Crippen LogP contribution in [0.4, 0.5) is 17.1 Å². The van der Waals surface area contributed by atoms with Crippen molar-refractivity contribution in [2.75, 3.05) is 11.9 Å². The molecule has 1 aliphatic rings. The van der Waals surface area contributed by atoms with Crippen LogP contribution in [0.1, 0.15) is 37.6 Å². The minimum Gasteiger partial charge on any atom is -0.326 e. The summed E-state index contributed by atoms with van der Waals surface area (Å²) in [6.07, 6.45) is -0.0942. The third-order valence-electron chi connectivity index (χ3n) is 4.78. The molecule has 10 heteroatoms. The van der Waals surface area contributed by atoms with Crippen molar-refractivity contribution in [3.8, 4) is 0 Å². The lowest BCUT2D eigenvalue weighted by Crippen LogP contribution is -2.36. The highest BCUT2D eigenvalue weighted by molar-refractivity contribution is 8.15. The van der Waals surface area contributed by atoms with Gasteiger partial charge in [0.2, 0.25) is 11.8 Å². The van der Waals surface area contributed by atoms with E-state index in [1.165, 1.54) is 36.9 Å². The number of hydrogen-bond acceptors (Lipinski definition) is 7. The monoisotopic (exact) mass is 468 g/mol. The van der Waals surface area contributed by atoms with Crippen molar-refractivity contribution in [1.82, 2.24) is 4.90 Å². The van der Waals surface area contributed by atoms with Gasteiger partial charge in [-0.15, -0.1) is 0 Å². The van der Waals surface area contributed by atoms with Crippen LogP contribution in [0.3, 0.4) is 0 Å². The number of hydrogen-bond donors (Lipinski definition) is 1. The SMILES string of the molecule is CC(=O)c1ccc(N=C2S[C@@H](CC(=O)Nc3cccc([N+](=O)[O-])c3)C(=O)N2CC(C)C)cc1. The number of anilines is 1. The van der Waals surface area contributed by atoms with Gasteiger partial charge in [-0.1, -0.05) is 31.7 Å². The summed E-state index contributed by atoms with van der Waals surface area (Å²) in [6, 6.07) is 12.4. The van der Waals surface area contributed by atoms with Crippen LogP contribution in [0.5, 0.6) is 0 Å². The number of amides is 2. The highest BCUT2D eigenvalue weighted by atomic mass is 32.2. The van der Waals surface area contributed by atoms with E-state index in [2.05, 4.69) is 10.3 Å². The Bertz CT molecular complexity index is 1110. The summed E-state index contributed by atoms with van der Waals surface area (Å²) >= 11 is 1.21. The van der Waals surface area contributed by atoms with Gasteiger partial charge in [0, 0.05) is 36.3 Å². The van der Waals surface area contributed by atoms with Crippen LogP contribution in [0.25, 0.3) is 0 Å². The minimum absolute atomic E-state index is 0.0455. The number of thioether (sulfide) groups is 1. The number of ketones is 1. The van der Waals surface area contributed by atoms with Gasteiger partial charge in [0.15, 0.2) is 11.0 Å². The van der Waals surface area contributed by atoms with E-state index in [-0.39, 0.29) is 29.7 Å². The molecular formula is C23H24N4O5S. The molecule has 172 valence electrons. The number of nitrogens with one attached hydrogen (secondary N) is 1. The van der Waals surface area contributed by atoms with Gasteiger partial charge >= 0.3 is 0 Å². The first kappa shape index (κ1) is 24.1. The second-order valence-electron chi connectivity index (χ2n) is 8.01. The van der Waals surface area contributed by atoms with Crippen molar-refractivity contribution in [3.05, 3.63) is 64.2 Å². The fourth-order valence-corrected chi connectivity index (χ4v) is 4.38. The molecule has 0 radical (unpaired) electrons. The van der Waals surface area contributed by atoms with E-state index in [4.69, 9.17) is 0 Å². The Morgan fingerprint density at radius 3 is 2.52 bits per heavy atom. The van der Waals surface area contributed by atoms with Crippen molar-refractivity contribution < 1.29 is 19.3 Å². The number of benzene rings is 2. The molecule has 1 N–H and O–H groups in total. The average molecular weight is 469 g/mol. The smallest absolute Gasteiger partial charge is 0.271 e. The van der Waals surface area contributed by atoms with Crippen LogP contribution >= 0.6 is 11.8 Å². The molecule has 0 spiro atoms. The number of carbonyl (C=O) groups excluding carboxylic acids is 3. The summed E-state index contributed by atoms with van der Waals surface area (Å²) in [4.78, 5) is 53.6. The fourth-order valence-electron chi connectivity index (χ4n) is 3.22. The number of Topliss-reactive ketones (excluding diaryl/α,β-unsaturated/α-hetero) is 1. The second-order valence-corrected chi connectivity index (χ2v) is 9.18. The van der Waals surface area contributed by atoms with Gasteiger partial charge in [-0.3, -0.25) is 29.4 Å². The van der Waals surface area contributed by atoms with Crippen LogP contribution in [-0.4, -0.2) is 44.4 Å². The average Bonchev–Trinajstić information content (AvgIpc) is 3.02. The van der Waals surface area contributed by atoms with E-state index >= 15 is 0 Å². The van der Waals surface area contributed by atoms with Gasteiger partial charge in [-0.05, 0) is 43.2 Å². The lowest BCUT2D eigenvalue weighted by atomic mass is 10.1. The first-order valence-corrected chi connectivity index (χ1v) is 11.2. The standard InChI is InChI=1S/C23H24N4O5S/c1-14(2)13-26-22(30)20(12-21(29)24-18-5-4-6-19(11-18)27(31)32)33-23(26)25-17-9-7-16(8-10-17)15(3)28/h4-11,14,20H,12-13H2,1-3H3,(H,24,29)/t20-/m0/s1. The van der Waals surface area contributed by atoms with E-state index in [1.807, 2.05) is 13.8 Å². The van der Waals surface area contributed by atoms with Gasteiger partial charge in [-0.2, -0.15) is 0 Å². The van der Waals surface area contributed by atoms with E-state index in [9.17, 15) is 24.5 Å². The second kappa shape index (κ2) is 10.4. The molecule has 2 amide bonds. The summed E-state index contributed by atoms with van der Waals surface area (Å²) in [5.74, 6) is -0.479. The Kier molecular flexibility index (Phi) is 7.59. The van der Waals surface area contributed by atoms with E-state index < -0.39 is 16.1 Å². The normalized spacial score (nSPS) is 17.0. The lowest BCUT2D eigenvalue weighted by Gasteiger charge is -2.18. The van der Waals surface area contributed by atoms with Crippen LogP contribution in [0, 0.1) is 16.0 Å². The molecule has 33 heavy (non-hydrogen) atoms. The fraction of sp³-hybridized carbons (Fsp3) is 0.304. The zero-order chi connectivity index (χ0) is 24.1. The largest absolute Gasteiger partial charge is 0.326 e. The van der Waals surface area contributed by atoms with Gasteiger partial charge in [-0.25, -0.2) is 4.99 Å². The molecule has 0 unspecified atom stereocenters. The van der Waals surface area contributed by atoms with Crippen molar-refractivity contribution in [2.24, 2.45) is 10.9 Å². The molecule has 1 aliphatic heterocycles. The third-order valence-corrected chi connectivity index (χ3v) is 5.95. The van der Waals surface area contributed by atoms with Crippen molar-refractivity contribution >= 4 is 51.6 Å². The number of aliphatic imine (C=N–C) groups is 1. The summed E-state index contributed by atoms with van der Waals surface area (Å²) in [5.41, 5.74) is 1.34. The van der Waals surface area contributed by atoms with E-state index in [1.54, 1.807) is 35.2 Å². The lowest BCUT2D eigenvalue weighted by molar-refractivity contribution is -0.384. The third kappa shape index (κ3) is 6.26. The Morgan fingerprint density at radius 2 is 1.91 bits per heavy atom. The number of nitro groups is 1. The van der Waals surface area contributed by atoms with Gasteiger partial charge in [0.05, 0.1) is 10.6 Å². The molecule has 0 bridgehead atoms. The summed E-state index contributed by atoms with van der Waals surface area (Å²) in [6.45, 7) is 5.92. The Labute approximate surface area is 195 Å². The highest BCUT2D eigenvalue weighted by Gasteiger charge is 2.39. The number of rotatable bonds is 8. The first-order valence-electron chi connectivity index (χ1n) is 10.4. The maximum Gasteiger partial charge on any atom is 0.271 e. The minimum atomic E-state index is -0.655. The van der Waals surface area contributed by atoms with Gasteiger partial charge in [0.25, 0.3) is 5.69 Å². The van der Waals surface area contributed by atoms with Crippen LogP contribution < -0.4 is 5.32 Å². The topological polar surface area (TPSA) is 122 Å². The van der Waals surface area contributed by atoms with Crippen molar-refractivity contribution in [1.29, 1.82) is 0 Å². The molecule has 2 aromatic rings. The molecule has 0 saturated carbocycles. The maximum atomic E-state index is 13.0.